The Morgan fingerprint density at radius 1 is 1.06 bits per heavy atom. The molecule has 4 aromatic rings. The summed E-state index contributed by atoms with van der Waals surface area (Å²) in [5.41, 5.74) is 5.52. The molecule has 0 saturated carbocycles. The fourth-order valence-corrected chi connectivity index (χ4v) is 5.83. The van der Waals surface area contributed by atoms with Crippen molar-refractivity contribution in [3.8, 4) is 0 Å². The lowest BCUT2D eigenvalue weighted by molar-refractivity contribution is -0.227. The minimum Gasteiger partial charge on any atom is -0.746 e. The number of hydrogen-bond donors (Lipinski definition) is 7. The molecule has 5 rings (SSSR count). The lowest BCUT2D eigenvalue weighted by Crippen LogP contribution is -2.41. The second-order valence-electron chi connectivity index (χ2n) is 9.70. The number of nitrogen functional groups attached to an aromatic ring is 2. The van der Waals surface area contributed by atoms with Gasteiger partial charge in [-0.2, -0.15) is 9.97 Å². The zero-order chi connectivity index (χ0) is 34.5. The number of methoxy groups -OCH3 is 1. The quantitative estimate of drug-likeness (QED) is 0.0960. The number of aromatic nitrogens is 8. The van der Waals surface area contributed by atoms with Crippen LogP contribution < -0.4 is 32.4 Å². The van der Waals surface area contributed by atoms with E-state index in [0.29, 0.717) is 4.57 Å². The zero-order valence-electron chi connectivity index (χ0n) is 23.9. The molecule has 4 unspecified atom stereocenters. The van der Waals surface area contributed by atoms with Crippen LogP contribution in [0.2, 0.25) is 0 Å². The van der Waals surface area contributed by atoms with Gasteiger partial charge in [-0.05, 0) is 6.92 Å². The molecule has 0 saturated heterocycles. The van der Waals surface area contributed by atoms with Gasteiger partial charge >= 0.3 is 15.6 Å². The smallest absolute Gasteiger partial charge is 0.372 e. The molecule has 4 aromatic heterocycles. The van der Waals surface area contributed by atoms with Crippen molar-refractivity contribution in [2.45, 2.75) is 24.8 Å². The molecule has 0 spiro atoms. The number of aliphatic hydroxyl groups excluding tert-OH is 2. The summed E-state index contributed by atoms with van der Waals surface area (Å²) in [5.74, 6) is -4.47. The number of ether oxygens (including phenoxy) is 1. The highest BCUT2D eigenvalue weighted by Crippen LogP contribution is 2.49. The van der Waals surface area contributed by atoms with Crippen LogP contribution in [-0.2, 0) is 37.7 Å². The molecule has 9 N–H and O–H groups in total. The highest BCUT2D eigenvalue weighted by Gasteiger charge is 2.42. The number of aliphatic hydroxyl groups is 3. The van der Waals surface area contributed by atoms with Crippen molar-refractivity contribution in [3.05, 3.63) is 56.9 Å². The third-order valence-corrected chi connectivity index (χ3v) is 8.18. The molecule has 1 aliphatic rings. The first-order valence-electron chi connectivity index (χ1n) is 12.8. The van der Waals surface area contributed by atoms with Crippen molar-refractivity contribution in [1.29, 1.82) is 0 Å². The Morgan fingerprint density at radius 3 is 2.30 bits per heavy atom. The largest absolute Gasteiger partial charge is 0.746 e. The van der Waals surface area contributed by atoms with Gasteiger partial charge in [0.1, 0.15) is 31.9 Å². The van der Waals surface area contributed by atoms with Crippen LogP contribution in [0.3, 0.4) is 0 Å². The number of hydrogen-bond acceptors (Lipinski definition) is 20. The van der Waals surface area contributed by atoms with E-state index in [9.17, 15) is 43.8 Å². The predicted molar refractivity (Wildman–Crippen MR) is 150 cm³/mol. The van der Waals surface area contributed by atoms with Crippen LogP contribution in [0, 0.1) is 0 Å². The first-order chi connectivity index (χ1) is 22.0. The highest BCUT2D eigenvalue weighted by molar-refractivity contribution is 7.46. The van der Waals surface area contributed by atoms with Gasteiger partial charge in [0.05, 0.1) is 12.4 Å². The second-order valence-corrected chi connectivity index (χ2v) is 12.3. The number of nitrogens with two attached hydrogens (primary N) is 2. The van der Waals surface area contributed by atoms with Crippen molar-refractivity contribution < 1.29 is 57.1 Å². The molecule has 0 amide bonds. The number of nitrogens with one attached hydrogen (secondary N) is 2. The summed E-state index contributed by atoms with van der Waals surface area (Å²) >= 11 is 0. The van der Waals surface area contributed by atoms with Crippen molar-refractivity contribution in [2.75, 3.05) is 31.8 Å². The Hall–Kier alpha value is -4.80. The van der Waals surface area contributed by atoms with Gasteiger partial charge in [-0.15, -0.1) is 0 Å². The molecule has 0 fully saturated rings. The summed E-state index contributed by atoms with van der Waals surface area (Å²) < 4.78 is 51.7. The molecule has 254 valence electrons. The third kappa shape index (κ3) is 6.43. The number of nitrogens with zero attached hydrogens (tertiary/aromatic N) is 6. The van der Waals surface area contributed by atoms with E-state index in [1.165, 1.54) is 6.92 Å². The van der Waals surface area contributed by atoms with E-state index in [0.717, 1.165) is 24.3 Å². The fourth-order valence-electron chi connectivity index (χ4n) is 4.35. The van der Waals surface area contributed by atoms with Crippen LogP contribution in [0.25, 0.3) is 22.3 Å². The number of anilines is 2. The van der Waals surface area contributed by atoms with Crippen molar-refractivity contribution in [3.63, 3.8) is 0 Å². The molecule has 5 atom stereocenters. The SMILES string of the molecule is COCC(O)(/C1=C/OP(=O)([O-])O/C(C(O)[C@@H](C)n2cnc3c(=O)[nH]c(N)nc32)=C(/O)COP(=O)([O-])O1)n1cnc2c(=O)[nH]c(N)nc21. The first kappa shape index (κ1) is 33.6. The summed E-state index contributed by atoms with van der Waals surface area (Å²) in [6.45, 7) is -1.03. The van der Waals surface area contributed by atoms with Gasteiger partial charge in [0.2, 0.25) is 17.6 Å². The standard InChI is InChI=1S/C21H26N10O14P2/c1-8(30-6-24-11-15(30)26-19(22)28-17(11)34)13(33)14-9(32)3-42-46(37,38)44-10(4-43-47(39,40)45-14)21(36,5-41-2)31-7-25-12-16(31)27-20(23)29-18(12)35/h4,6-8,13,32-33,36H,3,5H2,1-2H3,(H,37,38)(H,39,40)(H3,22,26,28,34)(H3,23,27,29,35)/p-2/b10-4-,14-9+/t8-,13?,21?/m1/s1. The van der Waals surface area contributed by atoms with Crippen LogP contribution in [0.4, 0.5) is 11.9 Å². The normalized spacial score (nSPS) is 26.2. The van der Waals surface area contributed by atoms with E-state index >= 15 is 0 Å². The number of phosphoric ester groups is 2. The Balaban J connectivity index is 1.56. The van der Waals surface area contributed by atoms with E-state index in [4.69, 9.17) is 25.3 Å². The summed E-state index contributed by atoms with van der Waals surface area (Å²) in [6, 6.07) is -1.33. The molecule has 26 heteroatoms. The van der Waals surface area contributed by atoms with Gasteiger partial charge in [-0.1, -0.05) is 0 Å². The van der Waals surface area contributed by atoms with Gasteiger partial charge in [0.15, 0.2) is 39.6 Å². The van der Waals surface area contributed by atoms with Crippen LogP contribution in [0.5, 0.6) is 0 Å². The number of imidazole rings is 2. The number of aromatic amines is 2. The molecule has 0 aromatic carbocycles. The van der Waals surface area contributed by atoms with Crippen molar-refractivity contribution in [1.82, 2.24) is 39.0 Å². The third-order valence-electron chi connectivity index (χ3n) is 6.53. The van der Waals surface area contributed by atoms with Gasteiger partial charge in [-0.25, -0.2) is 14.5 Å². The molecular weight excluding hydrogens is 678 g/mol. The molecule has 1 aliphatic heterocycles. The number of phosphoric acid groups is 2. The Labute approximate surface area is 259 Å². The lowest BCUT2D eigenvalue weighted by Gasteiger charge is -2.34. The second kappa shape index (κ2) is 12.1. The fraction of sp³-hybridized carbons (Fsp3) is 0.333. The Morgan fingerprint density at radius 2 is 1.66 bits per heavy atom. The van der Waals surface area contributed by atoms with Crippen molar-refractivity contribution >= 4 is 49.9 Å². The Kier molecular flexibility index (Phi) is 8.64. The molecular formula is C21H24N10O14P2-2. The van der Waals surface area contributed by atoms with Crippen LogP contribution in [-0.4, -0.2) is 80.8 Å². The molecule has 24 nitrogen and oxygen atoms in total. The number of fused-ring (bicyclic) bond motifs is 2. The number of rotatable bonds is 7. The van der Waals surface area contributed by atoms with Gasteiger partial charge < -0.3 is 64.0 Å². The Bertz CT molecular complexity index is 2140. The van der Waals surface area contributed by atoms with Gasteiger partial charge in [0, 0.05) is 7.11 Å². The van der Waals surface area contributed by atoms with E-state index < -0.39 is 86.7 Å². The van der Waals surface area contributed by atoms with Gasteiger partial charge in [0.25, 0.3) is 11.1 Å². The maximum Gasteiger partial charge on any atom is 0.372 e. The van der Waals surface area contributed by atoms with Gasteiger partial charge in [-0.3, -0.25) is 28.7 Å². The molecule has 0 radical (unpaired) electrons. The molecule has 0 aliphatic carbocycles. The minimum atomic E-state index is -5.77. The van der Waals surface area contributed by atoms with E-state index in [1.807, 2.05) is 0 Å². The molecule has 0 bridgehead atoms. The van der Waals surface area contributed by atoms with Crippen LogP contribution >= 0.6 is 15.6 Å². The lowest BCUT2D eigenvalue weighted by atomic mass is 10.1. The van der Waals surface area contributed by atoms with E-state index in [1.54, 1.807) is 0 Å². The number of H-pyrrole nitrogens is 2. The summed E-state index contributed by atoms with van der Waals surface area (Å²) in [7, 11) is -10.4. The predicted octanol–water partition coefficient (Wildman–Crippen LogP) is -2.74. The summed E-state index contributed by atoms with van der Waals surface area (Å²) in [6.07, 6.45) is -0.197. The molecule has 47 heavy (non-hydrogen) atoms. The van der Waals surface area contributed by atoms with Crippen LogP contribution in [0.15, 0.2) is 45.8 Å². The topological polar surface area (TPSA) is 366 Å². The zero-order valence-corrected chi connectivity index (χ0v) is 25.7. The molecule has 5 heterocycles. The minimum absolute atomic E-state index is 0.0845. The van der Waals surface area contributed by atoms with E-state index in [-0.39, 0.29) is 28.9 Å². The average molecular weight is 702 g/mol. The van der Waals surface area contributed by atoms with Crippen LogP contribution in [0.1, 0.15) is 13.0 Å². The maximum atomic E-state index is 13.0. The maximum absolute atomic E-state index is 13.0. The van der Waals surface area contributed by atoms with Crippen molar-refractivity contribution in [2.24, 2.45) is 0 Å². The summed E-state index contributed by atoms with van der Waals surface area (Å²) in [5, 5.41) is 33.4. The highest BCUT2D eigenvalue weighted by atomic mass is 31.2. The average Bonchev–Trinajstić information content (AvgIpc) is 3.61. The monoisotopic (exact) mass is 702 g/mol. The first-order valence-corrected chi connectivity index (χ1v) is 15.7. The van der Waals surface area contributed by atoms with E-state index in [2.05, 4.69) is 39.0 Å². The summed E-state index contributed by atoms with van der Waals surface area (Å²) in [4.78, 5) is 70.2.